The first kappa shape index (κ1) is 15.5. The maximum absolute atomic E-state index is 11.7. The highest BCUT2D eigenvalue weighted by Gasteiger charge is 2.23. The van der Waals surface area contributed by atoms with Crippen LogP contribution >= 0.6 is 11.3 Å². The van der Waals surface area contributed by atoms with E-state index in [1.807, 2.05) is 50.4 Å². The minimum Gasteiger partial charge on any atom is -0.480 e. The predicted octanol–water partition coefficient (Wildman–Crippen LogP) is 2.51. The summed E-state index contributed by atoms with van der Waals surface area (Å²) < 4.78 is 5.72. The van der Waals surface area contributed by atoms with Crippen molar-refractivity contribution in [3.8, 4) is 16.3 Å². The fourth-order valence-corrected chi connectivity index (χ4v) is 2.69. The molecule has 0 aliphatic rings. The minimum atomic E-state index is -0.608. The van der Waals surface area contributed by atoms with Crippen molar-refractivity contribution in [1.29, 1.82) is 0 Å². The van der Waals surface area contributed by atoms with Gasteiger partial charge in [-0.25, -0.2) is 10.8 Å². The van der Waals surface area contributed by atoms with Crippen molar-refractivity contribution in [2.75, 3.05) is 0 Å². The average Bonchev–Trinajstić information content (AvgIpc) is 2.91. The van der Waals surface area contributed by atoms with Crippen LogP contribution in [-0.4, -0.2) is 17.0 Å². The van der Waals surface area contributed by atoms with E-state index in [0.29, 0.717) is 5.75 Å². The van der Waals surface area contributed by atoms with E-state index in [1.165, 1.54) is 0 Å². The largest absolute Gasteiger partial charge is 0.480 e. The Labute approximate surface area is 128 Å². The Morgan fingerprint density at radius 2 is 2.00 bits per heavy atom. The summed E-state index contributed by atoms with van der Waals surface area (Å²) >= 11 is 1.60. The van der Waals surface area contributed by atoms with Crippen molar-refractivity contribution >= 4 is 17.2 Å². The Balaban J connectivity index is 2.13. The van der Waals surface area contributed by atoms with E-state index in [9.17, 15) is 4.79 Å². The molecular weight excluding hydrogens is 286 g/mol. The summed E-state index contributed by atoms with van der Waals surface area (Å²) in [5, 5.41) is 2.99. The third kappa shape index (κ3) is 3.80. The van der Waals surface area contributed by atoms with Gasteiger partial charge in [-0.2, -0.15) is 0 Å². The number of ether oxygens (including phenoxy) is 1. The number of carbonyl (C=O) groups excluding carboxylic acids is 1. The smallest absolute Gasteiger partial charge is 0.275 e. The van der Waals surface area contributed by atoms with Gasteiger partial charge in [-0.05, 0) is 37.1 Å². The van der Waals surface area contributed by atoms with Crippen molar-refractivity contribution in [2.24, 2.45) is 11.8 Å². The second kappa shape index (κ2) is 6.69. The van der Waals surface area contributed by atoms with E-state index in [-0.39, 0.29) is 11.8 Å². The molecule has 0 bridgehead atoms. The number of hydrogen-bond donors (Lipinski definition) is 2. The molecule has 21 heavy (non-hydrogen) atoms. The fourth-order valence-electron chi connectivity index (χ4n) is 1.88. The van der Waals surface area contributed by atoms with Gasteiger partial charge in [-0.15, -0.1) is 11.3 Å². The number of nitrogens with two attached hydrogens (primary N) is 1. The van der Waals surface area contributed by atoms with Crippen LogP contribution in [-0.2, 0) is 4.79 Å². The summed E-state index contributed by atoms with van der Waals surface area (Å²) in [6.07, 6.45) is -0.608. The average molecular weight is 305 g/mol. The number of benzene rings is 1. The van der Waals surface area contributed by atoms with Gasteiger partial charge in [-0.3, -0.25) is 10.2 Å². The molecule has 0 aliphatic heterocycles. The van der Waals surface area contributed by atoms with Gasteiger partial charge in [0.1, 0.15) is 10.8 Å². The summed E-state index contributed by atoms with van der Waals surface area (Å²) in [4.78, 5) is 16.1. The maximum Gasteiger partial charge on any atom is 0.275 e. The number of rotatable bonds is 5. The molecule has 112 valence electrons. The Hall–Kier alpha value is -1.92. The first-order valence-electron chi connectivity index (χ1n) is 6.71. The third-order valence-electron chi connectivity index (χ3n) is 2.99. The molecule has 2 rings (SSSR count). The van der Waals surface area contributed by atoms with Gasteiger partial charge in [0, 0.05) is 16.6 Å². The summed E-state index contributed by atoms with van der Waals surface area (Å²) in [6, 6.07) is 7.55. The number of thiazole rings is 1. The molecule has 5 nitrogen and oxygen atoms in total. The van der Waals surface area contributed by atoms with Crippen LogP contribution in [0.15, 0.2) is 29.6 Å². The van der Waals surface area contributed by atoms with Crippen LogP contribution in [0.5, 0.6) is 5.75 Å². The Kier molecular flexibility index (Phi) is 4.93. The fraction of sp³-hybridized carbons (Fsp3) is 0.333. The van der Waals surface area contributed by atoms with E-state index >= 15 is 0 Å². The maximum atomic E-state index is 11.7. The van der Waals surface area contributed by atoms with Crippen molar-refractivity contribution in [3.63, 3.8) is 0 Å². The van der Waals surface area contributed by atoms with E-state index < -0.39 is 6.10 Å². The summed E-state index contributed by atoms with van der Waals surface area (Å²) in [7, 11) is 0. The zero-order valence-electron chi connectivity index (χ0n) is 12.3. The quantitative estimate of drug-likeness (QED) is 0.505. The topological polar surface area (TPSA) is 77.2 Å². The lowest BCUT2D eigenvalue weighted by Crippen LogP contribution is -2.44. The number of aryl methyl sites for hydroxylation is 1. The molecule has 1 unspecified atom stereocenters. The lowest BCUT2D eigenvalue weighted by atomic mass is 10.1. The van der Waals surface area contributed by atoms with Crippen LogP contribution in [0.2, 0.25) is 0 Å². The number of hydrazine groups is 1. The SMILES string of the molecule is Cc1csc(-c2ccc(OC(C(=O)NN)C(C)C)cc2)n1. The molecule has 1 heterocycles. The molecular formula is C15H19N3O2S. The molecule has 3 N–H and O–H groups in total. The van der Waals surface area contributed by atoms with Gasteiger partial charge >= 0.3 is 0 Å². The van der Waals surface area contributed by atoms with Crippen LogP contribution in [0.25, 0.3) is 10.6 Å². The van der Waals surface area contributed by atoms with Gasteiger partial charge in [-0.1, -0.05) is 13.8 Å². The second-order valence-electron chi connectivity index (χ2n) is 5.11. The Bertz CT molecular complexity index is 608. The second-order valence-corrected chi connectivity index (χ2v) is 5.97. The third-order valence-corrected chi connectivity index (χ3v) is 4.00. The first-order chi connectivity index (χ1) is 10.0. The van der Waals surface area contributed by atoms with Gasteiger partial charge in [0.25, 0.3) is 5.91 Å². The standard InChI is InChI=1S/C15H19N3O2S/c1-9(2)13(14(19)18-16)20-12-6-4-11(5-7-12)15-17-10(3)8-21-15/h4-9,13H,16H2,1-3H3,(H,18,19). The van der Waals surface area contributed by atoms with Crippen molar-refractivity contribution < 1.29 is 9.53 Å². The van der Waals surface area contributed by atoms with Gasteiger partial charge < -0.3 is 4.74 Å². The van der Waals surface area contributed by atoms with Crippen LogP contribution < -0.4 is 16.0 Å². The number of hydrogen-bond acceptors (Lipinski definition) is 5. The number of aromatic nitrogens is 1. The van der Waals surface area contributed by atoms with Crippen LogP contribution in [0.3, 0.4) is 0 Å². The minimum absolute atomic E-state index is 0.0230. The molecule has 1 atom stereocenters. The molecule has 6 heteroatoms. The van der Waals surface area contributed by atoms with E-state index in [1.54, 1.807) is 11.3 Å². The lowest BCUT2D eigenvalue weighted by molar-refractivity contribution is -0.129. The number of nitrogens with zero attached hydrogens (tertiary/aromatic N) is 1. The molecule has 0 radical (unpaired) electrons. The molecule has 0 aliphatic carbocycles. The monoisotopic (exact) mass is 305 g/mol. The Morgan fingerprint density at radius 3 is 2.48 bits per heavy atom. The van der Waals surface area contributed by atoms with Crippen LogP contribution in [0, 0.1) is 12.8 Å². The zero-order chi connectivity index (χ0) is 15.4. The van der Waals surface area contributed by atoms with E-state index in [2.05, 4.69) is 10.4 Å². The molecule has 0 saturated carbocycles. The van der Waals surface area contributed by atoms with Crippen LogP contribution in [0.1, 0.15) is 19.5 Å². The normalized spacial score (nSPS) is 12.2. The molecule has 0 saturated heterocycles. The molecule has 2 aromatic rings. The Morgan fingerprint density at radius 1 is 1.33 bits per heavy atom. The summed E-state index contributed by atoms with van der Waals surface area (Å²) in [5.41, 5.74) is 4.18. The van der Waals surface area contributed by atoms with Crippen molar-refractivity contribution in [3.05, 3.63) is 35.3 Å². The van der Waals surface area contributed by atoms with Crippen LogP contribution in [0.4, 0.5) is 0 Å². The highest BCUT2D eigenvalue weighted by Crippen LogP contribution is 2.26. The molecule has 0 fully saturated rings. The number of amides is 1. The van der Waals surface area contributed by atoms with E-state index in [0.717, 1.165) is 16.3 Å². The van der Waals surface area contributed by atoms with Gasteiger partial charge in [0.05, 0.1) is 0 Å². The highest BCUT2D eigenvalue weighted by atomic mass is 32.1. The van der Waals surface area contributed by atoms with E-state index in [4.69, 9.17) is 10.6 Å². The van der Waals surface area contributed by atoms with Gasteiger partial charge in [0.15, 0.2) is 6.10 Å². The molecule has 0 spiro atoms. The predicted molar refractivity (Wildman–Crippen MR) is 83.9 cm³/mol. The molecule has 1 aromatic carbocycles. The highest BCUT2D eigenvalue weighted by molar-refractivity contribution is 7.13. The zero-order valence-corrected chi connectivity index (χ0v) is 13.1. The number of carbonyl (C=O) groups is 1. The summed E-state index contributed by atoms with van der Waals surface area (Å²) in [6.45, 7) is 5.79. The number of nitrogens with one attached hydrogen (secondary N) is 1. The molecule has 1 aromatic heterocycles. The van der Waals surface area contributed by atoms with Gasteiger partial charge in [0.2, 0.25) is 0 Å². The summed E-state index contributed by atoms with van der Waals surface area (Å²) in [5.74, 6) is 5.51. The molecule has 1 amide bonds. The van der Waals surface area contributed by atoms with Crippen molar-refractivity contribution in [1.82, 2.24) is 10.4 Å². The van der Waals surface area contributed by atoms with Crippen molar-refractivity contribution in [2.45, 2.75) is 26.9 Å². The first-order valence-corrected chi connectivity index (χ1v) is 7.59. The lowest BCUT2D eigenvalue weighted by Gasteiger charge is -2.20.